The lowest BCUT2D eigenvalue weighted by Gasteiger charge is -2.49. The third-order valence-corrected chi connectivity index (χ3v) is 5.49. The van der Waals surface area contributed by atoms with Crippen LogP contribution in [0.25, 0.3) is 0 Å². The van der Waals surface area contributed by atoms with Crippen molar-refractivity contribution in [3.05, 3.63) is 0 Å². The maximum Gasteiger partial charge on any atom is 0.0334 e. The molecule has 0 bridgehead atoms. The predicted molar refractivity (Wildman–Crippen MR) is 78.9 cm³/mol. The van der Waals surface area contributed by atoms with Crippen molar-refractivity contribution < 1.29 is 0 Å². The Labute approximate surface area is 114 Å². The topological polar surface area (TPSA) is 15.3 Å². The highest BCUT2D eigenvalue weighted by atomic mass is 15.3. The van der Waals surface area contributed by atoms with Gasteiger partial charge in [0.15, 0.2) is 0 Å². The lowest BCUT2D eigenvalue weighted by molar-refractivity contribution is 0.0273. The van der Waals surface area contributed by atoms with Crippen LogP contribution in [0.1, 0.15) is 65.7 Å². The first kappa shape index (κ1) is 14.3. The average Bonchev–Trinajstić information content (AvgIpc) is 2.87. The molecular formula is C16H32N2. The molecule has 2 nitrogen and oxygen atoms in total. The van der Waals surface area contributed by atoms with Gasteiger partial charge >= 0.3 is 0 Å². The molecule has 0 aromatic carbocycles. The SMILES string of the molecule is CCC(CC)CN1CC(CC)NCC12CCCC2. The van der Waals surface area contributed by atoms with Gasteiger partial charge in [0.25, 0.3) is 0 Å². The van der Waals surface area contributed by atoms with E-state index in [1.165, 1.54) is 64.6 Å². The molecule has 1 N–H and O–H groups in total. The summed E-state index contributed by atoms with van der Waals surface area (Å²) in [6.45, 7) is 10.9. The molecule has 1 aliphatic heterocycles. The Hall–Kier alpha value is -0.0800. The van der Waals surface area contributed by atoms with Crippen molar-refractivity contribution in [1.29, 1.82) is 0 Å². The number of hydrogen-bond acceptors (Lipinski definition) is 2. The van der Waals surface area contributed by atoms with Crippen molar-refractivity contribution in [3.63, 3.8) is 0 Å². The van der Waals surface area contributed by atoms with Gasteiger partial charge in [-0.2, -0.15) is 0 Å². The third-order valence-electron chi connectivity index (χ3n) is 5.49. The summed E-state index contributed by atoms with van der Waals surface area (Å²) in [6.07, 6.45) is 9.69. The Morgan fingerprint density at radius 3 is 2.39 bits per heavy atom. The van der Waals surface area contributed by atoms with Crippen LogP contribution in [0, 0.1) is 5.92 Å². The van der Waals surface area contributed by atoms with Crippen LogP contribution in [0.4, 0.5) is 0 Å². The first-order chi connectivity index (χ1) is 8.74. The zero-order valence-electron chi connectivity index (χ0n) is 12.7. The normalized spacial score (nSPS) is 28.3. The Morgan fingerprint density at radius 1 is 1.17 bits per heavy atom. The monoisotopic (exact) mass is 252 g/mol. The minimum Gasteiger partial charge on any atom is -0.311 e. The van der Waals surface area contributed by atoms with Gasteiger partial charge < -0.3 is 5.32 Å². The second-order valence-corrected chi connectivity index (χ2v) is 6.51. The molecule has 106 valence electrons. The van der Waals surface area contributed by atoms with Crippen molar-refractivity contribution in [3.8, 4) is 0 Å². The number of rotatable bonds is 5. The molecule has 1 unspecified atom stereocenters. The summed E-state index contributed by atoms with van der Waals surface area (Å²) in [6, 6.07) is 0.727. The summed E-state index contributed by atoms with van der Waals surface area (Å²) in [5.74, 6) is 0.901. The first-order valence-corrected chi connectivity index (χ1v) is 8.22. The summed E-state index contributed by atoms with van der Waals surface area (Å²) in [4.78, 5) is 2.88. The molecule has 1 atom stereocenters. The molecule has 0 aromatic heterocycles. The van der Waals surface area contributed by atoms with E-state index in [1.807, 2.05) is 0 Å². The summed E-state index contributed by atoms with van der Waals surface area (Å²) in [5.41, 5.74) is 0.522. The number of hydrogen-bond donors (Lipinski definition) is 1. The van der Waals surface area contributed by atoms with E-state index in [2.05, 4.69) is 31.0 Å². The van der Waals surface area contributed by atoms with Crippen LogP contribution in [0.15, 0.2) is 0 Å². The van der Waals surface area contributed by atoms with Gasteiger partial charge in [0.2, 0.25) is 0 Å². The third kappa shape index (κ3) is 2.91. The zero-order chi connectivity index (χ0) is 13.0. The highest BCUT2D eigenvalue weighted by molar-refractivity contribution is 5.01. The van der Waals surface area contributed by atoms with E-state index in [0.29, 0.717) is 5.54 Å². The highest BCUT2D eigenvalue weighted by Gasteiger charge is 2.43. The highest BCUT2D eigenvalue weighted by Crippen LogP contribution is 2.37. The minimum absolute atomic E-state index is 0.522. The molecule has 2 aliphatic rings. The van der Waals surface area contributed by atoms with Crippen molar-refractivity contribution in [2.45, 2.75) is 77.3 Å². The van der Waals surface area contributed by atoms with E-state index >= 15 is 0 Å². The van der Waals surface area contributed by atoms with E-state index in [4.69, 9.17) is 0 Å². The van der Waals surface area contributed by atoms with Crippen molar-refractivity contribution in [1.82, 2.24) is 10.2 Å². The Bertz CT molecular complexity index is 241. The first-order valence-electron chi connectivity index (χ1n) is 8.22. The van der Waals surface area contributed by atoms with Crippen LogP contribution in [-0.2, 0) is 0 Å². The average molecular weight is 252 g/mol. The second-order valence-electron chi connectivity index (χ2n) is 6.51. The summed E-state index contributed by atoms with van der Waals surface area (Å²) >= 11 is 0. The molecule has 1 saturated carbocycles. The Kier molecular flexibility index (Phi) is 5.08. The van der Waals surface area contributed by atoms with Crippen LogP contribution in [-0.4, -0.2) is 36.1 Å². The van der Waals surface area contributed by atoms with Gasteiger partial charge in [-0.05, 0) is 25.2 Å². The van der Waals surface area contributed by atoms with Crippen molar-refractivity contribution >= 4 is 0 Å². The second kappa shape index (κ2) is 6.38. The van der Waals surface area contributed by atoms with Crippen LogP contribution >= 0.6 is 0 Å². The fourth-order valence-electron chi connectivity index (χ4n) is 3.90. The van der Waals surface area contributed by atoms with Crippen LogP contribution in [0.3, 0.4) is 0 Å². The number of nitrogens with one attached hydrogen (secondary N) is 1. The molecule has 1 saturated heterocycles. The Morgan fingerprint density at radius 2 is 1.83 bits per heavy atom. The molecule has 1 heterocycles. The molecule has 18 heavy (non-hydrogen) atoms. The predicted octanol–water partition coefficient (Wildman–Crippen LogP) is 3.42. The zero-order valence-corrected chi connectivity index (χ0v) is 12.7. The molecule has 2 rings (SSSR count). The van der Waals surface area contributed by atoms with E-state index in [9.17, 15) is 0 Å². The molecule has 1 aliphatic carbocycles. The largest absolute Gasteiger partial charge is 0.311 e. The van der Waals surface area contributed by atoms with Gasteiger partial charge in [-0.25, -0.2) is 0 Å². The summed E-state index contributed by atoms with van der Waals surface area (Å²) < 4.78 is 0. The molecule has 0 aromatic rings. The van der Waals surface area contributed by atoms with Crippen LogP contribution < -0.4 is 5.32 Å². The summed E-state index contributed by atoms with van der Waals surface area (Å²) in [5, 5.41) is 3.80. The van der Waals surface area contributed by atoms with Gasteiger partial charge in [0.05, 0.1) is 0 Å². The van der Waals surface area contributed by atoms with E-state index in [-0.39, 0.29) is 0 Å². The molecule has 0 amide bonds. The van der Waals surface area contributed by atoms with Gasteiger partial charge in [-0.1, -0.05) is 46.5 Å². The maximum atomic E-state index is 3.80. The fraction of sp³-hybridized carbons (Fsp3) is 1.00. The van der Waals surface area contributed by atoms with E-state index in [1.54, 1.807) is 0 Å². The van der Waals surface area contributed by atoms with Gasteiger partial charge in [0, 0.05) is 31.2 Å². The lowest BCUT2D eigenvalue weighted by atomic mass is 9.88. The van der Waals surface area contributed by atoms with Crippen molar-refractivity contribution in [2.75, 3.05) is 19.6 Å². The fourth-order valence-corrected chi connectivity index (χ4v) is 3.90. The van der Waals surface area contributed by atoms with Gasteiger partial charge in [0.1, 0.15) is 0 Å². The standard InChI is InChI=1S/C16H32N2/c1-4-14(5-2)11-18-12-15(6-3)17-13-16(18)9-7-8-10-16/h14-15,17H,4-13H2,1-3H3. The molecule has 2 heteroatoms. The van der Waals surface area contributed by atoms with E-state index in [0.717, 1.165) is 12.0 Å². The Balaban J connectivity index is 2.04. The quantitative estimate of drug-likeness (QED) is 0.806. The minimum atomic E-state index is 0.522. The lowest BCUT2D eigenvalue weighted by Crippen LogP contribution is -2.64. The molecule has 0 radical (unpaired) electrons. The molecule has 2 fully saturated rings. The van der Waals surface area contributed by atoms with Gasteiger partial charge in [-0.15, -0.1) is 0 Å². The molecule has 1 spiro atoms. The molecular weight excluding hydrogens is 220 g/mol. The van der Waals surface area contributed by atoms with Gasteiger partial charge in [-0.3, -0.25) is 4.90 Å². The summed E-state index contributed by atoms with van der Waals surface area (Å²) in [7, 11) is 0. The smallest absolute Gasteiger partial charge is 0.0334 e. The van der Waals surface area contributed by atoms with Crippen LogP contribution in [0.5, 0.6) is 0 Å². The van der Waals surface area contributed by atoms with Crippen molar-refractivity contribution in [2.24, 2.45) is 5.92 Å². The van der Waals surface area contributed by atoms with E-state index < -0.39 is 0 Å². The number of piperazine rings is 1. The maximum absolute atomic E-state index is 3.80. The number of nitrogens with zero attached hydrogens (tertiary/aromatic N) is 1. The van der Waals surface area contributed by atoms with Crippen LogP contribution in [0.2, 0.25) is 0 Å².